The average Bonchev–Trinajstić information content (AvgIpc) is 3.19. The van der Waals surface area contributed by atoms with Crippen LogP contribution < -0.4 is 0 Å². The monoisotopic (exact) mass is 470 g/mol. The summed E-state index contributed by atoms with van der Waals surface area (Å²) < 4.78 is 19.2. The maximum absolute atomic E-state index is 14.0. The van der Waals surface area contributed by atoms with Crippen molar-refractivity contribution in [3.8, 4) is 0 Å². The maximum Gasteiger partial charge on any atom is 0.329 e. The Balaban J connectivity index is 1.64. The Kier molecular flexibility index (Phi) is 8.04. The summed E-state index contributed by atoms with van der Waals surface area (Å²) in [6.45, 7) is 5.51. The van der Waals surface area contributed by atoms with Crippen LogP contribution >= 0.6 is 0 Å². The Labute approximate surface area is 199 Å². The molecule has 1 saturated heterocycles. The fourth-order valence-corrected chi connectivity index (χ4v) is 3.99. The first-order valence-corrected chi connectivity index (χ1v) is 11.3. The number of amides is 2. The average molecular weight is 471 g/mol. The Morgan fingerprint density at radius 1 is 1.09 bits per heavy atom. The highest BCUT2D eigenvalue weighted by molar-refractivity contribution is 5.88. The van der Waals surface area contributed by atoms with Gasteiger partial charge in [0.15, 0.2) is 6.61 Å². The summed E-state index contributed by atoms with van der Waals surface area (Å²) >= 11 is 0. The second-order valence-corrected chi connectivity index (χ2v) is 9.46. The van der Waals surface area contributed by atoms with E-state index in [1.54, 1.807) is 11.0 Å². The molecule has 0 spiro atoms. The minimum atomic E-state index is -1.03. The minimum Gasteiger partial charge on any atom is -0.454 e. The lowest BCUT2D eigenvalue weighted by Crippen LogP contribution is -2.48. The van der Waals surface area contributed by atoms with E-state index in [1.165, 1.54) is 23.1 Å². The number of benzene rings is 2. The Morgan fingerprint density at radius 2 is 1.74 bits per heavy atom. The molecule has 0 bridgehead atoms. The van der Waals surface area contributed by atoms with Crippen LogP contribution in [-0.2, 0) is 32.1 Å². The quantitative estimate of drug-likeness (QED) is 0.629. The zero-order chi connectivity index (χ0) is 24.9. The van der Waals surface area contributed by atoms with Gasteiger partial charge in [0, 0.05) is 25.0 Å². The lowest BCUT2D eigenvalue weighted by Gasteiger charge is -2.36. The van der Waals surface area contributed by atoms with Crippen molar-refractivity contribution in [1.29, 1.82) is 0 Å². The molecule has 1 heterocycles. The maximum atomic E-state index is 14.0. The van der Waals surface area contributed by atoms with Crippen LogP contribution in [0, 0.1) is 5.82 Å². The fraction of sp³-hybridized carbons (Fsp3) is 0.423. The molecule has 1 fully saturated rings. The molecule has 0 aliphatic carbocycles. The second-order valence-electron chi connectivity index (χ2n) is 9.46. The normalized spacial score (nSPS) is 18.0. The number of esters is 1. The van der Waals surface area contributed by atoms with Crippen molar-refractivity contribution in [3.63, 3.8) is 0 Å². The predicted molar refractivity (Wildman–Crippen MR) is 124 cm³/mol. The van der Waals surface area contributed by atoms with Gasteiger partial charge in [-0.15, -0.1) is 0 Å². The third kappa shape index (κ3) is 6.41. The van der Waals surface area contributed by atoms with E-state index in [1.807, 2.05) is 51.1 Å². The Morgan fingerprint density at radius 3 is 2.38 bits per heavy atom. The van der Waals surface area contributed by atoms with Crippen molar-refractivity contribution in [3.05, 3.63) is 71.5 Å². The molecule has 1 aliphatic rings. The SMILES string of the molecule is CC(C)(C)N(Cc1ccccc1)C(=O)COC(=O)C1CC(O)CN1C(=O)Cc1ccccc1F. The van der Waals surface area contributed by atoms with Gasteiger partial charge < -0.3 is 19.6 Å². The summed E-state index contributed by atoms with van der Waals surface area (Å²) in [5.41, 5.74) is 0.642. The van der Waals surface area contributed by atoms with Gasteiger partial charge in [-0.1, -0.05) is 48.5 Å². The first-order chi connectivity index (χ1) is 16.1. The van der Waals surface area contributed by atoms with Crippen molar-refractivity contribution in [2.45, 2.75) is 57.8 Å². The molecular weight excluding hydrogens is 439 g/mol. The molecule has 2 amide bonds. The van der Waals surface area contributed by atoms with E-state index in [2.05, 4.69) is 0 Å². The molecule has 8 heteroatoms. The van der Waals surface area contributed by atoms with E-state index >= 15 is 0 Å². The van der Waals surface area contributed by atoms with Crippen LogP contribution in [0.15, 0.2) is 54.6 Å². The molecule has 2 unspecified atom stereocenters. The molecular formula is C26H31FN2O5. The number of nitrogens with zero attached hydrogens (tertiary/aromatic N) is 2. The third-order valence-corrected chi connectivity index (χ3v) is 5.80. The zero-order valence-electron chi connectivity index (χ0n) is 19.7. The molecule has 0 saturated carbocycles. The van der Waals surface area contributed by atoms with Gasteiger partial charge in [0.2, 0.25) is 5.91 Å². The molecule has 2 aromatic rings. The lowest BCUT2D eigenvalue weighted by molar-refractivity contribution is -0.159. The van der Waals surface area contributed by atoms with Gasteiger partial charge in [-0.25, -0.2) is 9.18 Å². The molecule has 2 aromatic carbocycles. The summed E-state index contributed by atoms with van der Waals surface area (Å²) in [6, 6.07) is 14.4. The number of rotatable bonds is 7. The fourth-order valence-electron chi connectivity index (χ4n) is 3.99. The number of ether oxygens (including phenoxy) is 1. The predicted octanol–water partition coefficient (Wildman–Crippen LogP) is 2.70. The molecule has 0 aromatic heterocycles. The van der Waals surface area contributed by atoms with E-state index in [9.17, 15) is 23.9 Å². The first kappa shape index (κ1) is 25.4. The Bertz CT molecular complexity index is 1020. The summed E-state index contributed by atoms with van der Waals surface area (Å²) in [6.07, 6.45) is -1.14. The van der Waals surface area contributed by atoms with Crippen molar-refractivity contribution in [2.75, 3.05) is 13.2 Å². The first-order valence-electron chi connectivity index (χ1n) is 11.3. The van der Waals surface area contributed by atoms with Crippen molar-refractivity contribution >= 4 is 17.8 Å². The van der Waals surface area contributed by atoms with E-state index in [0.29, 0.717) is 6.54 Å². The third-order valence-electron chi connectivity index (χ3n) is 5.80. The largest absolute Gasteiger partial charge is 0.454 e. The summed E-state index contributed by atoms with van der Waals surface area (Å²) in [4.78, 5) is 41.3. The standard InChI is InChI=1S/C26H31FN2O5/c1-26(2,3)29(15-18-9-5-4-6-10-18)24(32)17-34-25(33)22-14-20(30)16-28(22)23(31)13-19-11-7-8-12-21(19)27/h4-12,20,22,30H,13-17H2,1-3H3. The van der Waals surface area contributed by atoms with Gasteiger partial charge in [0.25, 0.3) is 5.91 Å². The number of carbonyl (C=O) groups is 3. The number of β-amino-alcohol motifs (C(OH)–C–C–N with tert-alkyl or cyclic N) is 1. The lowest BCUT2D eigenvalue weighted by atomic mass is 10.0. The molecule has 1 aliphatic heterocycles. The van der Waals surface area contributed by atoms with Crippen molar-refractivity contribution in [2.24, 2.45) is 0 Å². The van der Waals surface area contributed by atoms with Gasteiger partial charge in [-0.3, -0.25) is 9.59 Å². The topological polar surface area (TPSA) is 87.2 Å². The molecule has 3 rings (SSSR count). The highest BCUT2D eigenvalue weighted by atomic mass is 19.1. The molecule has 0 radical (unpaired) electrons. The van der Waals surface area contributed by atoms with Crippen molar-refractivity contribution < 1.29 is 28.6 Å². The van der Waals surface area contributed by atoms with E-state index in [-0.39, 0.29) is 30.9 Å². The number of aliphatic hydroxyl groups excluding tert-OH is 1. The van der Waals surface area contributed by atoms with Crippen LogP contribution in [0.5, 0.6) is 0 Å². The zero-order valence-corrected chi connectivity index (χ0v) is 19.7. The van der Waals surface area contributed by atoms with Crippen molar-refractivity contribution in [1.82, 2.24) is 9.80 Å². The van der Waals surface area contributed by atoms with Crippen LogP contribution in [0.25, 0.3) is 0 Å². The molecule has 182 valence electrons. The number of hydrogen-bond acceptors (Lipinski definition) is 5. The number of likely N-dealkylation sites (tertiary alicyclic amines) is 1. The van der Waals surface area contributed by atoms with E-state index in [0.717, 1.165) is 5.56 Å². The van der Waals surface area contributed by atoms with Gasteiger partial charge in [0.05, 0.1) is 12.5 Å². The van der Waals surface area contributed by atoms with Crippen LogP contribution in [0.4, 0.5) is 4.39 Å². The second kappa shape index (κ2) is 10.8. The van der Waals surface area contributed by atoms with Crippen LogP contribution in [0.2, 0.25) is 0 Å². The number of carbonyl (C=O) groups excluding carboxylic acids is 3. The highest BCUT2D eigenvalue weighted by Gasteiger charge is 2.40. The Hall–Kier alpha value is -3.26. The molecule has 7 nitrogen and oxygen atoms in total. The molecule has 34 heavy (non-hydrogen) atoms. The van der Waals surface area contributed by atoms with Crippen LogP contribution in [0.3, 0.4) is 0 Å². The van der Waals surface area contributed by atoms with Gasteiger partial charge >= 0.3 is 5.97 Å². The smallest absolute Gasteiger partial charge is 0.329 e. The van der Waals surface area contributed by atoms with Gasteiger partial charge in [-0.05, 0) is 38.0 Å². The summed E-state index contributed by atoms with van der Waals surface area (Å²) in [5, 5.41) is 10.1. The molecule has 1 N–H and O–H groups in total. The van der Waals surface area contributed by atoms with Crippen LogP contribution in [0.1, 0.15) is 38.3 Å². The summed E-state index contributed by atoms with van der Waals surface area (Å²) in [5.74, 6) is -2.14. The number of hydrogen-bond donors (Lipinski definition) is 1. The molecule has 2 atom stereocenters. The van der Waals surface area contributed by atoms with Crippen LogP contribution in [-0.4, -0.2) is 63.5 Å². The summed E-state index contributed by atoms with van der Waals surface area (Å²) in [7, 11) is 0. The van der Waals surface area contributed by atoms with Gasteiger partial charge in [-0.2, -0.15) is 0 Å². The van der Waals surface area contributed by atoms with E-state index < -0.39 is 42.0 Å². The number of aliphatic hydroxyl groups is 1. The highest BCUT2D eigenvalue weighted by Crippen LogP contribution is 2.22. The minimum absolute atomic E-state index is 0.00301. The van der Waals surface area contributed by atoms with E-state index in [4.69, 9.17) is 4.74 Å². The van der Waals surface area contributed by atoms with Gasteiger partial charge in [0.1, 0.15) is 11.9 Å². The number of halogens is 1.